The van der Waals surface area contributed by atoms with Gasteiger partial charge in [-0.2, -0.15) is 0 Å². The monoisotopic (exact) mass is 319 g/mol. The summed E-state index contributed by atoms with van der Waals surface area (Å²) in [4.78, 5) is 0. The van der Waals surface area contributed by atoms with Crippen LogP contribution in [0.2, 0.25) is 0 Å². The molecule has 1 atom stereocenters. The van der Waals surface area contributed by atoms with E-state index < -0.39 is 12.4 Å². The topological polar surface area (TPSA) is 35.2 Å². The highest BCUT2D eigenvalue weighted by Gasteiger charge is 2.32. The Hall–Kier alpha value is -0.460. The average molecular weight is 321 g/mol. The smallest absolute Gasteiger partial charge is 0.405 e. The molecule has 0 spiro atoms. The number of nitrogens with two attached hydrogens (primary N) is 1. The Morgan fingerprint density at radius 3 is 2.38 bits per heavy atom. The zero-order valence-corrected chi connectivity index (χ0v) is 10.6. The zero-order chi connectivity index (χ0) is 11.6. The number of ether oxygens (including phenoxy) is 1. The zero-order valence-electron chi connectivity index (χ0n) is 8.22. The molecule has 2 nitrogen and oxygen atoms in total. The van der Waals surface area contributed by atoms with Gasteiger partial charge in [0.1, 0.15) is 5.75 Å². The molecule has 0 radical (unpaired) electrons. The predicted molar refractivity (Wildman–Crippen MR) is 60.7 cm³/mol. The molecular weight excluding hydrogens is 310 g/mol. The molecule has 0 amide bonds. The van der Waals surface area contributed by atoms with Gasteiger partial charge in [0.2, 0.25) is 0 Å². The molecule has 0 aliphatic heterocycles. The Morgan fingerprint density at radius 1 is 1.38 bits per heavy atom. The lowest BCUT2D eigenvalue weighted by Gasteiger charge is -2.15. The lowest BCUT2D eigenvalue weighted by molar-refractivity contribution is -0.275. The third-order valence-corrected chi connectivity index (χ3v) is 2.19. The van der Waals surface area contributed by atoms with Gasteiger partial charge in [-0.15, -0.1) is 25.6 Å². The first-order valence-corrected chi connectivity index (χ1v) is 4.89. The van der Waals surface area contributed by atoms with Gasteiger partial charge in [0.25, 0.3) is 0 Å². The Balaban J connectivity index is 0.00000225. The SMILES string of the molecule is C[C@H](N)c1ccc(Br)cc1OC(F)(F)F.Cl. The lowest BCUT2D eigenvalue weighted by atomic mass is 10.1. The van der Waals surface area contributed by atoms with E-state index >= 15 is 0 Å². The number of hydrogen-bond donors (Lipinski definition) is 1. The summed E-state index contributed by atoms with van der Waals surface area (Å²) >= 11 is 3.06. The van der Waals surface area contributed by atoms with Crippen LogP contribution >= 0.6 is 28.3 Å². The summed E-state index contributed by atoms with van der Waals surface area (Å²) < 4.78 is 40.5. The molecule has 1 aromatic rings. The van der Waals surface area contributed by atoms with E-state index in [1.807, 2.05) is 0 Å². The minimum Gasteiger partial charge on any atom is -0.405 e. The van der Waals surface area contributed by atoms with E-state index in [4.69, 9.17) is 5.73 Å². The van der Waals surface area contributed by atoms with Crippen LogP contribution in [-0.2, 0) is 0 Å². The largest absolute Gasteiger partial charge is 0.573 e. The van der Waals surface area contributed by atoms with Crippen LogP contribution in [0.5, 0.6) is 5.75 Å². The fourth-order valence-corrected chi connectivity index (χ4v) is 1.44. The van der Waals surface area contributed by atoms with Gasteiger partial charge in [-0.05, 0) is 19.1 Å². The fraction of sp³-hybridized carbons (Fsp3) is 0.333. The summed E-state index contributed by atoms with van der Waals surface area (Å²) in [5, 5.41) is 0. The summed E-state index contributed by atoms with van der Waals surface area (Å²) in [6.07, 6.45) is -4.70. The van der Waals surface area contributed by atoms with E-state index in [-0.39, 0.29) is 18.2 Å². The minimum atomic E-state index is -4.70. The highest BCUT2D eigenvalue weighted by molar-refractivity contribution is 9.10. The van der Waals surface area contributed by atoms with Gasteiger partial charge in [0.05, 0.1) is 0 Å². The van der Waals surface area contributed by atoms with Gasteiger partial charge in [-0.25, -0.2) is 0 Å². The van der Waals surface area contributed by atoms with Crippen molar-refractivity contribution in [3.63, 3.8) is 0 Å². The molecule has 7 heteroatoms. The molecule has 0 bridgehead atoms. The molecular formula is C9H10BrClF3NO. The Labute approximate surface area is 105 Å². The molecule has 0 fully saturated rings. The van der Waals surface area contributed by atoms with Gasteiger partial charge in [0, 0.05) is 16.1 Å². The molecule has 92 valence electrons. The third-order valence-electron chi connectivity index (χ3n) is 1.69. The predicted octanol–water partition coefficient (Wildman–Crippen LogP) is 3.79. The van der Waals surface area contributed by atoms with Gasteiger partial charge < -0.3 is 10.5 Å². The van der Waals surface area contributed by atoms with Crippen LogP contribution in [0.15, 0.2) is 22.7 Å². The maximum atomic E-state index is 12.0. The summed E-state index contributed by atoms with van der Waals surface area (Å²) in [5.41, 5.74) is 5.84. The van der Waals surface area contributed by atoms with E-state index in [9.17, 15) is 13.2 Å². The fourth-order valence-electron chi connectivity index (χ4n) is 1.10. The van der Waals surface area contributed by atoms with Crippen LogP contribution < -0.4 is 10.5 Å². The van der Waals surface area contributed by atoms with Crippen LogP contribution in [0, 0.1) is 0 Å². The maximum absolute atomic E-state index is 12.0. The van der Waals surface area contributed by atoms with Gasteiger partial charge >= 0.3 is 6.36 Å². The van der Waals surface area contributed by atoms with E-state index in [2.05, 4.69) is 20.7 Å². The number of benzene rings is 1. The van der Waals surface area contributed by atoms with E-state index in [1.54, 1.807) is 13.0 Å². The Morgan fingerprint density at radius 2 is 1.94 bits per heavy atom. The maximum Gasteiger partial charge on any atom is 0.573 e. The van der Waals surface area contributed by atoms with Crippen molar-refractivity contribution in [3.05, 3.63) is 28.2 Å². The van der Waals surface area contributed by atoms with Crippen molar-refractivity contribution in [2.75, 3.05) is 0 Å². The summed E-state index contributed by atoms with van der Waals surface area (Å²) in [7, 11) is 0. The number of rotatable bonds is 2. The van der Waals surface area contributed by atoms with Crippen LogP contribution in [0.3, 0.4) is 0 Å². The van der Waals surface area contributed by atoms with Crippen LogP contribution in [0.25, 0.3) is 0 Å². The van der Waals surface area contributed by atoms with E-state index in [1.165, 1.54) is 12.1 Å². The normalized spacial score (nSPS) is 12.9. The van der Waals surface area contributed by atoms with Crippen LogP contribution in [0.1, 0.15) is 18.5 Å². The summed E-state index contributed by atoms with van der Waals surface area (Å²) in [5.74, 6) is -0.271. The first kappa shape index (κ1) is 15.5. The number of alkyl halides is 3. The second-order valence-corrected chi connectivity index (χ2v) is 3.93. The average Bonchev–Trinajstić information content (AvgIpc) is 1.99. The van der Waals surface area contributed by atoms with E-state index in [0.29, 0.717) is 10.0 Å². The van der Waals surface area contributed by atoms with Crippen molar-refractivity contribution < 1.29 is 17.9 Å². The van der Waals surface area contributed by atoms with Crippen molar-refractivity contribution in [1.29, 1.82) is 0 Å². The molecule has 1 aromatic carbocycles. The summed E-state index contributed by atoms with van der Waals surface area (Å²) in [6, 6.07) is 3.83. The third kappa shape index (κ3) is 4.59. The van der Waals surface area contributed by atoms with Gasteiger partial charge in [-0.1, -0.05) is 22.0 Å². The quantitative estimate of drug-likeness (QED) is 0.900. The molecule has 0 aliphatic rings. The molecule has 16 heavy (non-hydrogen) atoms. The molecule has 1 rings (SSSR count). The van der Waals surface area contributed by atoms with E-state index in [0.717, 1.165) is 0 Å². The molecule has 0 aromatic heterocycles. The van der Waals surface area contributed by atoms with Crippen LogP contribution in [0.4, 0.5) is 13.2 Å². The molecule has 0 unspecified atom stereocenters. The van der Waals surface area contributed by atoms with Gasteiger partial charge in [0.15, 0.2) is 0 Å². The van der Waals surface area contributed by atoms with Crippen molar-refractivity contribution in [1.82, 2.24) is 0 Å². The van der Waals surface area contributed by atoms with Crippen molar-refractivity contribution in [2.45, 2.75) is 19.3 Å². The first-order chi connectivity index (χ1) is 6.79. The second-order valence-electron chi connectivity index (χ2n) is 3.02. The van der Waals surface area contributed by atoms with Crippen molar-refractivity contribution >= 4 is 28.3 Å². The molecule has 0 saturated heterocycles. The Kier molecular flexibility index (Phi) is 5.58. The lowest BCUT2D eigenvalue weighted by Crippen LogP contribution is -2.19. The van der Waals surface area contributed by atoms with Crippen molar-refractivity contribution in [3.8, 4) is 5.75 Å². The molecule has 2 N–H and O–H groups in total. The highest BCUT2D eigenvalue weighted by Crippen LogP contribution is 2.31. The second kappa shape index (κ2) is 5.75. The Bertz CT molecular complexity index is 357. The minimum absolute atomic E-state index is 0. The van der Waals surface area contributed by atoms with Crippen LogP contribution in [-0.4, -0.2) is 6.36 Å². The standard InChI is InChI=1S/C9H9BrF3NO.ClH/c1-5(14)7-3-2-6(10)4-8(7)15-9(11,12)13;/h2-5H,14H2,1H3;1H/t5-;/m0./s1. The van der Waals surface area contributed by atoms with Crippen molar-refractivity contribution in [2.24, 2.45) is 5.73 Å². The molecule has 0 saturated carbocycles. The van der Waals surface area contributed by atoms with Gasteiger partial charge in [-0.3, -0.25) is 0 Å². The highest BCUT2D eigenvalue weighted by atomic mass is 79.9. The summed E-state index contributed by atoms with van der Waals surface area (Å²) in [6.45, 7) is 1.59. The molecule has 0 aliphatic carbocycles. The first-order valence-electron chi connectivity index (χ1n) is 4.10. The molecule has 0 heterocycles. The number of halogens is 5. The number of hydrogen-bond acceptors (Lipinski definition) is 2.